The molecule has 0 unspecified atom stereocenters. The number of rotatable bonds is 1. The second kappa shape index (κ2) is 5.75. The van der Waals surface area contributed by atoms with Crippen LogP contribution in [0.5, 0.6) is 0 Å². The fourth-order valence-corrected chi connectivity index (χ4v) is 4.76. The number of fused-ring (bicyclic) bond motifs is 3. The van der Waals surface area contributed by atoms with E-state index < -0.39 is 11.7 Å². The third kappa shape index (κ3) is 2.35. The Morgan fingerprint density at radius 3 is 2.67 bits per heavy atom. The number of thiophene rings is 1. The molecule has 0 amide bonds. The molecule has 4 rings (SSSR count). The van der Waals surface area contributed by atoms with Gasteiger partial charge in [-0.2, -0.15) is 0 Å². The first-order valence-corrected chi connectivity index (χ1v) is 8.88. The van der Waals surface area contributed by atoms with Crippen molar-refractivity contribution in [3.05, 3.63) is 61.2 Å². The number of benzene rings is 1. The molecular weight excluding hydrogens is 347 g/mol. The summed E-state index contributed by atoms with van der Waals surface area (Å²) in [5.74, 6) is -0.981. The molecule has 0 saturated carbocycles. The van der Waals surface area contributed by atoms with E-state index in [9.17, 15) is 14.0 Å². The molecule has 0 atom stereocenters. The molecule has 2 aromatic heterocycles. The lowest BCUT2D eigenvalue weighted by atomic mass is 9.97. The third-order valence-corrected chi connectivity index (χ3v) is 5.80. The maximum Gasteiger partial charge on any atom is 0.270 e. The van der Waals surface area contributed by atoms with Crippen LogP contribution in [-0.2, 0) is 12.8 Å². The molecule has 1 aliphatic carbocycles. The van der Waals surface area contributed by atoms with E-state index in [4.69, 9.17) is 12.2 Å². The number of H-pyrrole nitrogens is 1. The van der Waals surface area contributed by atoms with Gasteiger partial charge in [0.15, 0.2) is 4.77 Å². The van der Waals surface area contributed by atoms with Crippen LogP contribution in [-0.4, -0.2) is 15.5 Å². The zero-order chi connectivity index (χ0) is 16.8. The van der Waals surface area contributed by atoms with Gasteiger partial charge in [0.05, 0.1) is 5.39 Å². The van der Waals surface area contributed by atoms with Crippen molar-refractivity contribution >= 4 is 39.7 Å². The van der Waals surface area contributed by atoms with Crippen molar-refractivity contribution in [3.63, 3.8) is 0 Å². The number of nitrogens with one attached hydrogen (secondary N) is 1. The Kier molecular flexibility index (Phi) is 3.69. The van der Waals surface area contributed by atoms with Crippen LogP contribution in [0.15, 0.2) is 29.1 Å². The van der Waals surface area contributed by atoms with Gasteiger partial charge in [0.2, 0.25) is 0 Å². The number of halogens is 1. The molecule has 4 nitrogen and oxygen atoms in total. The predicted octanol–water partition coefficient (Wildman–Crippen LogP) is 3.83. The van der Waals surface area contributed by atoms with E-state index in [1.807, 2.05) is 0 Å². The Morgan fingerprint density at radius 2 is 1.92 bits per heavy atom. The molecule has 0 bridgehead atoms. The van der Waals surface area contributed by atoms with Crippen molar-refractivity contribution in [2.75, 3.05) is 0 Å². The second-order valence-electron chi connectivity index (χ2n) is 5.80. The highest BCUT2D eigenvalue weighted by Crippen LogP contribution is 2.33. The number of nitrogens with zero attached hydrogens (tertiary/aromatic N) is 1. The van der Waals surface area contributed by atoms with Crippen LogP contribution in [0.1, 0.15) is 33.6 Å². The molecule has 24 heavy (non-hydrogen) atoms. The highest BCUT2D eigenvalue weighted by molar-refractivity contribution is 7.71. The summed E-state index contributed by atoms with van der Waals surface area (Å²) in [6.45, 7) is 0. The van der Waals surface area contributed by atoms with Crippen LogP contribution in [0, 0.1) is 10.6 Å². The minimum atomic E-state index is -0.543. The summed E-state index contributed by atoms with van der Waals surface area (Å²) in [6.07, 6.45) is 3.96. The minimum absolute atomic E-state index is 0.0698. The summed E-state index contributed by atoms with van der Waals surface area (Å²) in [7, 11) is 0. The standard InChI is InChI=1S/C17H13FN2O2S2/c18-10-7-5-9(6-8-10)15(21)20-16(22)13-11-3-1-2-4-12(11)24-14(13)19-17(20)23/h5-8H,1-4H2,(H,19,23). The van der Waals surface area contributed by atoms with Gasteiger partial charge in [0.1, 0.15) is 10.6 Å². The van der Waals surface area contributed by atoms with E-state index in [1.54, 1.807) is 11.3 Å². The quantitative estimate of drug-likeness (QED) is 0.671. The Bertz CT molecular complexity index is 1080. The van der Waals surface area contributed by atoms with Crippen molar-refractivity contribution in [1.29, 1.82) is 0 Å². The number of hydrogen-bond donors (Lipinski definition) is 1. The molecule has 0 aliphatic heterocycles. The van der Waals surface area contributed by atoms with E-state index in [1.165, 1.54) is 29.1 Å². The van der Waals surface area contributed by atoms with Gasteiger partial charge in [-0.25, -0.2) is 8.96 Å². The molecule has 1 N–H and O–H groups in total. The molecule has 7 heteroatoms. The van der Waals surface area contributed by atoms with Gasteiger partial charge in [-0.15, -0.1) is 11.3 Å². The van der Waals surface area contributed by atoms with E-state index in [0.29, 0.717) is 5.39 Å². The molecule has 0 fully saturated rings. The minimum Gasteiger partial charge on any atom is -0.323 e. The first-order chi connectivity index (χ1) is 11.6. The highest BCUT2D eigenvalue weighted by atomic mass is 32.1. The summed E-state index contributed by atoms with van der Waals surface area (Å²) < 4.78 is 14.1. The van der Waals surface area contributed by atoms with Crippen LogP contribution in [0.25, 0.3) is 10.2 Å². The van der Waals surface area contributed by atoms with E-state index in [2.05, 4.69) is 4.98 Å². The third-order valence-electron chi connectivity index (χ3n) is 4.31. The van der Waals surface area contributed by atoms with Gasteiger partial charge in [-0.1, -0.05) is 0 Å². The number of aromatic nitrogens is 2. The Hall–Kier alpha value is -2.12. The second-order valence-corrected chi connectivity index (χ2v) is 7.29. The lowest BCUT2D eigenvalue weighted by Crippen LogP contribution is -2.29. The van der Waals surface area contributed by atoms with Crippen LogP contribution in [0.4, 0.5) is 4.39 Å². The SMILES string of the molecule is O=C(c1ccc(F)cc1)n1c(=S)[nH]c2sc3c(c2c1=O)CCCC3. The summed E-state index contributed by atoms with van der Waals surface area (Å²) in [6, 6.07) is 5.09. The first kappa shape index (κ1) is 15.4. The zero-order valence-electron chi connectivity index (χ0n) is 12.6. The average Bonchev–Trinajstić information content (AvgIpc) is 2.93. The summed E-state index contributed by atoms with van der Waals surface area (Å²) >= 11 is 6.78. The smallest absolute Gasteiger partial charge is 0.270 e. The monoisotopic (exact) mass is 360 g/mol. The molecule has 1 aliphatic rings. The van der Waals surface area contributed by atoms with Gasteiger partial charge in [-0.05, 0) is 67.7 Å². The molecule has 2 heterocycles. The normalized spacial score (nSPS) is 13.9. The summed E-state index contributed by atoms with van der Waals surface area (Å²) in [4.78, 5) is 30.6. The number of aromatic amines is 1. The molecular formula is C17H13FN2O2S2. The Balaban J connectivity index is 1.95. The maximum atomic E-state index is 13.1. The molecule has 0 radical (unpaired) electrons. The van der Waals surface area contributed by atoms with Crippen LogP contribution in [0.2, 0.25) is 0 Å². The lowest BCUT2D eigenvalue weighted by molar-refractivity contribution is 0.0953. The van der Waals surface area contributed by atoms with Crippen LogP contribution < -0.4 is 5.56 Å². The zero-order valence-corrected chi connectivity index (χ0v) is 14.2. The summed E-state index contributed by atoms with van der Waals surface area (Å²) in [5, 5.41) is 0.568. The van der Waals surface area contributed by atoms with Gasteiger partial charge >= 0.3 is 0 Å². The van der Waals surface area contributed by atoms with E-state index in [-0.39, 0.29) is 15.9 Å². The van der Waals surface area contributed by atoms with E-state index >= 15 is 0 Å². The fourth-order valence-electron chi connectivity index (χ4n) is 3.14. The molecule has 122 valence electrons. The van der Waals surface area contributed by atoms with E-state index in [0.717, 1.165) is 40.6 Å². The van der Waals surface area contributed by atoms with Crippen LogP contribution >= 0.6 is 23.6 Å². The number of carbonyl (C=O) groups is 1. The molecule has 0 spiro atoms. The van der Waals surface area contributed by atoms with Gasteiger partial charge < -0.3 is 4.98 Å². The largest absolute Gasteiger partial charge is 0.323 e. The van der Waals surface area contributed by atoms with Crippen molar-refractivity contribution in [2.24, 2.45) is 0 Å². The van der Waals surface area contributed by atoms with Crippen molar-refractivity contribution in [3.8, 4) is 0 Å². The first-order valence-electron chi connectivity index (χ1n) is 7.66. The number of hydrogen-bond acceptors (Lipinski definition) is 4. The Labute approximate surface area is 145 Å². The van der Waals surface area contributed by atoms with Crippen LogP contribution in [0.3, 0.4) is 0 Å². The fraction of sp³-hybridized carbons (Fsp3) is 0.235. The molecule has 1 aromatic carbocycles. The maximum absolute atomic E-state index is 13.1. The van der Waals surface area contributed by atoms with Crippen molar-refractivity contribution < 1.29 is 9.18 Å². The van der Waals surface area contributed by atoms with Gasteiger partial charge in [0.25, 0.3) is 11.5 Å². The summed E-state index contributed by atoms with van der Waals surface area (Å²) in [5.41, 5.74) is 0.877. The van der Waals surface area contributed by atoms with Gasteiger partial charge in [-0.3, -0.25) is 9.59 Å². The topological polar surface area (TPSA) is 54.9 Å². The Morgan fingerprint density at radius 1 is 1.21 bits per heavy atom. The van der Waals surface area contributed by atoms with Crippen molar-refractivity contribution in [2.45, 2.75) is 25.7 Å². The van der Waals surface area contributed by atoms with Gasteiger partial charge in [0, 0.05) is 10.4 Å². The highest BCUT2D eigenvalue weighted by Gasteiger charge is 2.22. The van der Waals surface area contributed by atoms with Crippen molar-refractivity contribution in [1.82, 2.24) is 9.55 Å². The predicted molar refractivity (Wildman–Crippen MR) is 94.0 cm³/mol. The number of aryl methyl sites for hydroxylation is 2. The average molecular weight is 360 g/mol. The molecule has 3 aromatic rings. The number of carbonyl (C=O) groups excluding carboxylic acids is 1. The molecule has 0 saturated heterocycles. The lowest BCUT2D eigenvalue weighted by Gasteiger charge is -2.10.